The maximum absolute atomic E-state index is 11.2. The van der Waals surface area contributed by atoms with Gasteiger partial charge in [0.1, 0.15) is 17.5 Å². The van der Waals surface area contributed by atoms with Gasteiger partial charge in [-0.05, 0) is 14.0 Å². The molecule has 0 spiro atoms. The van der Waals surface area contributed by atoms with E-state index in [-0.39, 0.29) is 11.6 Å². The lowest BCUT2D eigenvalue weighted by molar-refractivity contribution is -0.151. The van der Waals surface area contributed by atoms with Crippen molar-refractivity contribution in [1.82, 2.24) is 4.90 Å². The number of likely N-dealkylation sites (tertiary alicyclic amines) is 1. The molecule has 0 N–H and O–H groups in total. The summed E-state index contributed by atoms with van der Waals surface area (Å²) in [5.74, 6) is -0.717. The number of Topliss-reactive ketones (excluding diaryl/α,β-unsaturated/α-hetero) is 2. The number of hydrogen-bond acceptors (Lipinski definition) is 5. The summed E-state index contributed by atoms with van der Waals surface area (Å²) in [6.07, 6.45) is 2.37. The molecule has 0 radical (unpaired) electrons. The molecule has 0 aliphatic carbocycles. The number of ketones is 2. The predicted octanol–water partition coefficient (Wildman–Crippen LogP) is 3.11. The minimum atomic E-state index is -0.561. The van der Waals surface area contributed by atoms with Crippen LogP contribution >= 0.6 is 0 Å². The average molecular weight is 317 g/mol. The van der Waals surface area contributed by atoms with E-state index in [0.717, 1.165) is 6.54 Å². The van der Waals surface area contributed by atoms with Gasteiger partial charge in [-0.25, -0.2) is 0 Å². The third-order valence-electron chi connectivity index (χ3n) is 2.61. The van der Waals surface area contributed by atoms with Crippen LogP contribution in [0.15, 0.2) is 0 Å². The van der Waals surface area contributed by atoms with E-state index < -0.39 is 11.9 Å². The first-order chi connectivity index (χ1) is 10.3. The standard InChI is InChI=1S/C8H13NO3.C4H8O.C3H8.C2H6/c1-9-4-3-7(10)6(5-9)8(11)12-2;1-3-4(2)5;1-3-2;1-2/h6H,3-5H2,1-2H3;3H2,1-2H3;3H2,1-2H3;1-2H3. The lowest BCUT2D eigenvalue weighted by atomic mass is 9.97. The Labute approximate surface area is 136 Å². The molecule has 0 aromatic rings. The van der Waals surface area contributed by atoms with Crippen LogP contribution in [0.4, 0.5) is 0 Å². The van der Waals surface area contributed by atoms with Crippen molar-refractivity contribution in [2.24, 2.45) is 5.92 Å². The minimum absolute atomic E-state index is 0.0000463. The van der Waals surface area contributed by atoms with Gasteiger partial charge in [0.25, 0.3) is 0 Å². The van der Waals surface area contributed by atoms with E-state index in [2.05, 4.69) is 18.6 Å². The first kappa shape index (κ1) is 25.7. The number of nitrogens with zero attached hydrogens (tertiary/aromatic N) is 1. The second kappa shape index (κ2) is 17.8. The molecule has 0 aromatic heterocycles. The van der Waals surface area contributed by atoms with E-state index in [0.29, 0.717) is 19.4 Å². The van der Waals surface area contributed by atoms with Crippen LogP contribution in [0.25, 0.3) is 0 Å². The third kappa shape index (κ3) is 15.2. The molecule has 5 heteroatoms. The summed E-state index contributed by atoms with van der Waals surface area (Å²) < 4.78 is 4.52. The number of methoxy groups -OCH3 is 1. The van der Waals surface area contributed by atoms with Crippen molar-refractivity contribution in [3.63, 3.8) is 0 Å². The van der Waals surface area contributed by atoms with Crippen molar-refractivity contribution in [2.75, 3.05) is 27.2 Å². The van der Waals surface area contributed by atoms with Crippen LogP contribution in [0, 0.1) is 5.92 Å². The molecule has 1 rings (SSSR count). The Kier molecular flexibility index (Phi) is 20.8. The zero-order chi connectivity index (χ0) is 18.1. The number of ether oxygens (including phenoxy) is 1. The molecule has 1 atom stereocenters. The lowest BCUT2D eigenvalue weighted by Crippen LogP contribution is -2.42. The highest BCUT2D eigenvalue weighted by Crippen LogP contribution is 2.12. The predicted molar refractivity (Wildman–Crippen MR) is 90.9 cm³/mol. The average Bonchev–Trinajstić information content (AvgIpc) is 2.52. The molecule has 1 fully saturated rings. The Morgan fingerprint density at radius 3 is 1.95 bits per heavy atom. The zero-order valence-corrected chi connectivity index (χ0v) is 15.7. The van der Waals surface area contributed by atoms with Crippen molar-refractivity contribution in [2.45, 2.75) is 60.8 Å². The van der Waals surface area contributed by atoms with Crippen LogP contribution in [0.1, 0.15) is 60.8 Å². The van der Waals surface area contributed by atoms with Gasteiger partial charge in [-0.1, -0.05) is 41.0 Å². The van der Waals surface area contributed by atoms with Crippen LogP contribution < -0.4 is 0 Å². The van der Waals surface area contributed by atoms with E-state index in [1.807, 2.05) is 32.7 Å². The van der Waals surface area contributed by atoms with Gasteiger partial charge in [0, 0.05) is 25.9 Å². The highest BCUT2D eigenvalue weighted by Gasteiger charge is 2.31. The van der Waals surface area contributed by atoms with Crippen molar-refractivity contribution < 1.29 is 19.1 Å². The molecule has 0 amide bonds. The van der Waals surface area contributed by atoms with E-state index in [1.165, 1.54) is 13.5 Å². The Hall–Kier alpha value is -1.23. The molecule has 1 heterocycles. The summed E-state index contributed by atoms with van der Waals surface area (Å²) in [6.45, 7) is 12.9. The Morgan fingerprint density at radius 2 is 1.64 bits per heavy atom. The normalized spacial score (nSPS) is 16.7. The molecular weight excluding hydrogens is 282 g/mol. The minimum Gasteiger partial charge on any atom is -0.468 e. The fourth-order valence-electron chi connectivity index (χ4n) is 1.33. The fourth-order valence-corrected chi connectivity index (χ4v) is 1.33. The first-order valence-electron chi connectivity index (χ1n) is 8.12. The molecule has 1 aliphatic heterocycles. The van der Waals surface area contributed by atoms with Gasteiger partial charge in [-0.15, -0.1) is 0 Å². The smallest absolute Gasteiger partial charge is 0.317 e. The van der Waals surface area contributed by atoms with Gasteiger partial charge in [0.15, 0.2) is 0 Å². The quantitative estimate of drug-likeness (QED) is 0.578. The highest BCUT2D eigenvalue weighted by atomic mass is 16.5. The Balaban J connectivity index is -0.000000302. The SMILES string of the molecule is CC.CCC.CCC(C)=O.COC(=O)C1CN(C)CCC1=O. The van der Waals surface area contributed by atoms with Crippen molar-refractivity contribution in [3.8, 4) is 0 Å². The lowest BCUT2D eigenvalue weighted by Gasteiger charge is -2.26. The molecule has 1 unspecified atom stereocenters. The van der Waals surface area contributed by atoms with Crippen LogP contribution in [-0.4, -0.2) is 49.7 Å². The van der Waals surface area contributed by atoms with E-state index in [9.17, 15) is 14.4 Å². The maximum atomic E-state index is 11.2. The fraction of sp³-hybridized carbons (Fsp3) is 0.824. The summed E-state index contributed by atoms with van der Waals surface area (Å²) in [4.78, 5) is 34.0. The summed E-state index contributed by atoms with van der Waals surface area (Å²) in [7, 11) is 3.20. The summed E-state index contributed by atoms with van der Waals surface area (Å²) >= 11 is 0. The number of piperidine rings is 1. The van der Waals surface area contributed by atoms with Gasteiger partial charge >= 0.3 is 5.97 Å². The molecule has 1 aliphatic rings. The van der Waals surface area contributed by atoms with Crippen molar-refractivity contribution in [3.05, 3.63) is 0 Å². The number of hydrogen-bond donors (Lipinski definition) is 0. The molecular formula is C17H35NO4. The van der Waals surface area contributed by atoms with Gasteiger partial charge in [-0.2, -0.15) is 0 Å². The number of rotatable bonds is 2. The summed E-state index contributed by atoms with van der Waals surface area (Å²) in [6, 6.07) is 0. The maximum Gasteiger partial charge on any atom is 0.317 e. The monoisotopic (exact) mass is 317 g/mol. The Morgan fingerprint density at radius 1 is 1.23 bits per heavy atom. The van der Waals surface area contributed by atoms with E-state index in [4.69, 9.17) is 0 Å². The topological polar surface area (TPSA) is 63.7 Å². The molecule has 0 saturated carbocycles. The van der Waals surface area contributed by atoms with Gasteiger partial charge in [-0.3, -0.25) is 9.59 Å². The molecule has 5 nitrogen and oxygen atoms in total. The Bertz CT molecular complexity index is 295. The van der Waals surface area contributed by atoms with E-state index >= 15 is 0 Å². The molecule has 1 saturated heterocycles. The molecule has 22 heavy (non-hydrogen) atoms. The van der Waals surface area contributed by atoms with Crippen LogP contribution in [-0.2, 0) is 19.1 Å². The highest BCUT2D eigenvalue weighted by molar-refractivity contribution is 5.99. The zero-order valence-electron chi connectivity index (χ0n) is 15.7. The second-order valence-corrected chi connectivity index (χ2v) is 4.82. The number of carbonyl (C=O) groups excluding carboxylic acids is 3. The van der Waals surface area contributed by atoms with Gasteiger partial charge in [0.05, 0.1) is 7.11 Å². The number of esters is 1. The molecule has 0 aromatic carbocycles. The largest absolute Gasteiger partial charge is 0.468 e. The molecule has 0 bridgehead atoms. The van der Waals surface area contributed by atoms with Crippen LogP contribution in [0.2, 0.25) is 0 Å². The summed E-state index contributed by atoms with van der Waals surface area (Å²) in [5, 5.41) is 0. The molecule has 132 valence electrons. The van der Waals surface area contributed by atoms with Gasteiger partial charge in [0.2, 0.25) is 0 Å². The summed E-state index contributed by atoms with van der Waals surface area (Å²) in [5.41, 5.74) is 0. The third-order valence-corrected chi connectivity index (χ3v) is 2.61. The van der Waals surface area contributed by atoms with Crippen LogP contribution in [0.3, 0.4) is 0 Å². The number of carbonyl (C=O) groups is 3. The van der Waals surface area contributed by atoms with Gasteiger partial charge < -0.3 is 14.4 Å². The van der Waals surface area contributed by atoms with Crippen molar-refractivity contribution in [1.29, 1.82) is 0 Å². The second-order valence-electron chi connectivity index (χ2n) is 4.82. The van der Waals surface area contributed by atoms with E-state index in [1.54, 1.807) is 6.92 Å². The van der Waals surface area contributed by atoms with Crippen molar-refractivity contribution >= 4 is 17.5 Å². The van der Waals surface area contributed by atoms with Crippen LogP contribution in [0.5, 0.6) is 0 Å². The first-order valence-corrected chi connectivity index (χ1v) is 8.12.